The molecule has 7 nitrogen and oxygen atoms in total. The van der Waals surface area contributed by atoms with E-state index in [1.165, 1.54) is 18.2 Å². The molecule has 8 heteroatoms. The summed E-state index contributed by atoms with van der Waals surface area (Å²) < 4.78 is 27.6. The summed E-state index contributed by atoms with van der Waals surface area (Å²) in [5.74, 6) is 0. The Morgan fingerprint density at radius 1 is 1.43 bits per heavy atom. The van der Waals surface area contributed by atoms with E-state index in [-0.39, 0.29) is 22.0 Å². The van der Waals surface area contributed by atoms with Crippen LogP contribution in [0.15, 0.2) is 23.1 Å². The summed E-state index contributed by atoms with van der Waals surface area (Å²) in [4.78, 5) is 9.95. The summed E-state index contributed by atoms with van der Waals surface area (Å²) in [6.07, 6.45) is 2.57. The zero-order valence-corrected chi connectivity index (χ0v) is 12.8. The van der Waals surface area contributed by atoms with E-state index in [1.54, 1.807) is 0 Å². The maximum absolute atomic E-state index is 12.5. The van der Waals surface area contributed by atoms with Gasteiger partial charge < -0.3 is 5.73 Å². The number of nitrogens with one attached hydrogen (secondary N) is 1. The van der Waals surface area contributed by atoms with Crippen LogP contribution in [0.4, 0.5) is 11.4 Å². The lowest BCUT2D eigenvalue weighted by Gasteiger charge is -2.27. The minimum Gasteiger partial charge on any atom is -0.393 e. The summed E-state index contributed by atoms with van der Waals surface area (Å²) >= 11 is 0. The van der Waals surface area contributed by atoms with Crippen molar-refractivity contribution in [3.05, 3.63) is 28.3 Å². The largest absolute Gasteiger partial charge is 0.393 e. The number of benzene rings is 1. The van der Waals surface area contributed by atoms with E-state index < -0.39 is 20.6 Å². The standard InChI is InChI=1S/C13H19N3O4S/c1-13(2)8-4-7-11(13)15-21(19,20)10-6-3-5-9(14)12(10)16(17)18/h3,5-6,11,15H,4,7-8,14H2,1-2H3. The number of para-hydroxylation sites is 1. The van der Waals surface area contributed by atoms with Crippen LogP contribution in [0, 0.1) is 15.5 Å². The summed E-state index contributed by atoms with van der Waals surface area (Å²) in [6, 6.07) is 3.69. The van der Waals surface area contributed by atoms with Crippen LogP contribution in [-0.2, 0) is 10.0 Å². The predicted octanol–water partition coefficient (Wildman–Crippen LogP) is 2.03. The van der Waals surface area contributed by atoms with E-state index in [4.69, 9.17) is 5.73 Å². The highest BCUT2D eigenvalue weighted by Gasteiger charge is 2.39. The number of hydrogen-bond donors (Lipinski definition) is 2. The monoisotopic (exact) mass is 313 g/mol. The minimum absolute atomic E-state index is 0.159. The second-order valence-corrected chi connectivity index (χ2v) is 7.69. The molecule has 116 valence electrons. The Hall–Kier alpha value is -1.67. The molecule has 1 atom stereocenters. The molecule has 1 aromatic carbocycles. The molecule has 0 heterocycles. The first-order valence-corrected chi connectivity index (χ1v) is 8.19. The maximum atomic E-state index is 12.5. The fourth-order valence-corrected chi connectivity index (χ4v) is 4.39. The second kappa shape index (κ2) is 5.27. The maximum Gasteiger partial charge on any atom is 0.312 e. The van der Waals surface area contributed by atoms with E-state index in [9.17, 15) is 18.5 Å². The smallest absolute Gasteiger partial charge is 0.312 e. The molecule has 21 heavy (non-hydrogen) atoms. The molecule has 0 bridgehead atoms. The Balaban J connectivity index is 2.41. The van der Waals surface area contributed by atoms with Crippen LogP contribution in [0.25, 0.3) is 0 Å². The zero-order valence-electron chi connectivity index (χ0n) is 12.0. The van der Waals surface area contributed by atoms with Gasteiger partial charge >= 0.3 is 5.69 Å². The number of hydrogen-bond acceptors (Lipinski definition) is 5. The minimum atomic E-state index is -3.98. The van der Waals surface area contributed by atoms with Crippen molar-refractivity contribution in [2.24, 2.45) is 5.41 Å². The van der Waals surface area contributed by atoms with Crippen molar-refractivity contribution < 1.29 is 13.3 Å². The number of nitrogens with zero attached hydrogens (tertiary/aromatic N) is 1. The Morgan fingerprint density at radius 3 is 2.62 bits per heavy atom. The molecule has 3 N–H and O–H groups in total. The molecule has 1 aliphatic carbocycles. The number of nitro groups is 1. The first-order valence-electron chi connectivity index (χ1n) is 6.70. The highest BCUT2D eigenvalue weighted by atomic mass is 32.2. The van der Waals surface area contributed by atoms with Crippen molar-refractivity contribution >= 4 is 21.4 Å². The van der Waals surface area contributed by atoms with Crippen molar-refractivity contribution in [2.45, 2.75) is 44.0 Å². The molecular weight excluding hydrogens is 294 g/mol. The topological polar surface area (TPSA) is 115 Å². The van der Waals surface area contributed by atoms with Crippen LogP contribution in [0.2, 0.25) is 0 Å². The van der Waals surface area contributed by atoms with Crippen LogP contribution in [0.3, 0.4) is 0 Å². The molecule has 1 fully saturated rings. The van der Waals surface area contributed by atoms with E-state index in [2.05, 4.69) is 4.72 Å². The molecule has 0 saturated heterocycles. The Kier molecular flexibility index (Phi) is 3.94. The lowest BCUT2D eigenvalue weighted by molar-refractivity contribution is -0.386. The molecular formula is C13H19N3O4S. The number of sulfonamides is 1. The Labute approximate surface area is 123 Å². The van der Waals surface area contributed by atoms with E-state index in [0.29, 0.717) is 0 Å². The molecule has 1 aliphatic rings. The van der Waals surface area contributed by atoms with Gasteiger partial charge in [-0.3, -0.25) is 10.1 Å². The fraction of sp³-hybridized carbons (Fsp3) is 0.538. The molecule has 1 saturated carbocycles. The van der Waals surface area contributed by atoms with Gasteiger partial charge in [0.05, 0.1) is 4.92 Å². The Bertz CT molecular complexity index is 670. The van der Waals surface area contributed by atoms with Gasteiger partial charge in [0.2, 0.25) is 10.0 Å². The van der Waals surface area contributed by atoms with Crippen molar-refractivity contribution in [3.8, 4) is 0 Å². The number of anilines is 1. The van der Waals surface area contributed by atoms with Gasteiger partial charge in [-0.1, -0.05) is 26.3 Å². The highest BCUT2D eigenvalue weighted by Crippen LogP contribution is 2.38. The predicted molar refractivity (Wildman–Crippen MR) is 79.3 cm³/mol. The highest BCUT2D eigenvalue weighted by molar-refractivity contribution is 7.89. The van der Waals surface area contributed by atoms with Crippen molar-refractivity contribution in [2.75, 3.05) is 5.73 Å². The first kappa shape index (κ1) is 15.7. The van der Waals surface area contributed by atoms with Gasteiger partial charge in [0.1, 0.15) is 5.69 Å². The fourth-order valence-electron chi connectivity index (χ4n) is 2.75. The van der Waals surface area contributed by atoms with Gasteiger partial charge in [0.25, 0.3) is 0 Å². The summed E-state index contributed by atoms with van der Waals surface area (Å²) in [7, 11) is -3.98. The van der Waals surface area contributed by atoms with Gasteiger partial charge in [-0.25, -0.2) is 13.1 Å². The molecule has 0 aromatic heterocycles. The average Bonchev–Trinajstić information content (AvgIpc) is 2.67. The lowest BCUT2D eigenvalue weighted by Crippen LogP contribution is -2.41. The number of nitrogen functional groups attached to an aromatic ring is 1. The quantitative estimate of drug-likeness (QED) is 0.501. The third-order valence-corrected chi connectivity index (χ3v) is 5.56. The first-order chi connectivity index (χ1) is 9.65. The van der Waals surface area contributed by atoms with Crippen molar-refractivity contribution in [1.82, 2.24) is 4.72 Å². The summed E-state index contributed by atoms with van der Waals surface area (Å²) in [5, 5.41) is 11.1. The van der Waals surface area contributed by atoms with Crippen LogP contribution in [-0.4, -0.2) is 19.4 Å². The third kappa shape index (κ3) is 3.01. The van der Waals surface area contributed by atoms with Gasteiger partial charge in [0, 0.05) is 6.04 Å². The van der Waals surface area contributed by atoms with Crippen LogP contribution < -0.4 is 10.5 Å². The van der Waals surface area contributed by atoms with Gasteiger partial charge in [-0.2, -0.15) is 0 Å². The molecule has 0 amide bonds. The van der Waals surface area contributed by atoms with Gasteiger partial charge in [0.15, 0.2) is 4.90 Å². The van der Waals surface area contributed by atoms with E-state index in [0.717, 1.165) is 19.3 Å². The molecule has 1 aromatic rings. The van der Waals surface area contributed by atoms with Gasteiger partial charge in [-0.05, 0) is 30.4 Å². The summed E-state index contributed by atoms with van der Waals surface area (Å²) in [6.45, 7) is 3.97. The molecule has 2 rings (SSSR count). The lowest BCUT2D eigenvalue weighted by atomic mass is 9.88. The average molecular weight is 313 g/mol. The molecule has 0 spiro atoms. The van der Waals surface area contributed by atoms with Crippen LogP contribution in [0.1, 0.15) is 33.1 Å². The van der Waals surface area contributed by atoms with Crippen LogP contribution >= 0.6 is 0 Å². The Morgan fingerprint density at radius 2 is 2.10 bits per heavy atom. The van der Waals surface area contributed by atoms with Gasteiger partial charge in [-0.15, -0.1) is 0 Å². The normalized spacial score (nSPS) is 21.3. The number of rotatable bonds is 4. The molecule has 0 aliphatic heterocycles. The SMILES string of the molecule is CC1(C)CCCC1NS(=O)(=O)c1cccc(N)c1[N+](=O)[O-]. The van der Waals surface area contributed by atoms with Crippen molar-refractivity contribution in [1.29, 1.82) is 0 Å². The number of nitro benzene ring substituents is 1. The summed E-state index contributed by atoms with van der Waals surface area (Å²) in [5.41, 5.74) is 4.65. The number of nitrogens with two attached hydrogens (primary N) is 1. The molecule has 0 radical (unpaired) electrons. The second-order valence-electron chi connectivity index (χ2n) is 6.01. The third-order valence-electron chi connectivity index (χ3n) is 4.06. The van der Waals surface area contributed by atoms with E-state index >= 15 is 0 Å². The van der Waals surface area contributed by atoms with Crippen LogP contribution in [0.5, 0.6) is 0 Å². The zero-order chi connectivity index (χ0) is 15.8. The van der Waals surface area contributed by atoms with E-state index in [1.807, 2.05) is 13.8 Å². The molecule has 1 unspecified atom stereocenters. The van der Waals surface area contributed by atoms with Crippen molar-refractivity contribution in [3.63, 3.8) is 0 Å².